The van der Waals surface area contributed by atoms with Gasteiger partial charge in [0.2, 0.25) is 0 Å². The van der Waals surface area contributed by atoms with Gasteiger partial charge in [0.25, 0.3) is 5.91 Å². The van der Waals surface area contributed by atoms with Crippen LogP contribution in [0.25, 0.3) is 16.3 Å². The predicted octanol–water partition coefficient (Wildman–Crippen LogP) is 5.56. The Morgan fingerprint density at radius 1 is 1.07 bits per heavy atom. The summed E-state index contributed by atoms with van der Waals surface area (Å²) in [4.78, 5) is 18.7. The van der Waals surface area contributed by atoms with E-state index in [1.165, 1.54) is 5.56 Å². The monoisotopic (exact) mass is 380 g/mol. The van der Waals surface area contributed by atoms with Gasteiger partial charge in [0.15, 0.2) is 0 Å². The average Bonchev–Trinajstić information content (AvgIpc) is 3.20. The van der Waals surface area contributed by atoms with Crippen LogP contribution < -0.4 is 0 Å². The Bertz CT molecular complexity index is 1260. The van der Waals surface area contributed by atoms with Gasteiger partial charge in [0.05, 0.1) is 5.71 Å². The summed E-state index contributed by atoms with van der Waals surface area (Å²) in [5.74, 6) is -0.432. The molecule has 0 radical (unpaired) electrons. The maximum Gasteiger partial charge on any atom is 0.288 e. The third-order valence-electron chi connectivity index (χ3n) is 5.23. The summed E-state index contributed by atoms with van der Waals surface area (Å²) in [5, 5.41) is 11.7. The molecule has 0 atom stereocenters. The highest BCUT2D eigenvalue weighted by molar-refractivity contribution is 7.99. The fraction of sp³-hybridized carbons (Fsp3) is 0.125. The molecule has 1 heterocycles. The second-order valence-electron chi connectivity index (χ2n) is 6.97. The number of fused-ring (bicyclic) bond motifs is 3. The number of carbonyl (C=O) groups excluding carboxylic acids is 1. The second-order valence-corrected chi connectivity index (χ2v) is 8.08. The van der Waals surface area contributed by atoms with Crippen molar-refractivity contribution in [3.8, 4) is 6.07 Å². The largest absolute Gasteiger partial charge is 0.288 e. The zero-order valence-electron chi connectivity index (χ0n) is 15.3. The summed E-state index contributed by atoms with van der Waals surface area (Å²) >= 11 is 1.68. The molecule has 3 aromatic carbocycles. The van der Waals surface area contributed by atoms with E-state index in [1.54, 1.807) is 11.8 Å². The van der Waals surface area contributed by atoms with Crippen molar-refractivity contribution in [3.63, 3.8) is 0 Å². The van der Waals surface area contributed by atoms with E-state index in [-0.39, 0.29) is 5.57 Å². The lowest BCUT2D eigenvalue weighted by atomic mass is 10.0. The van der Waals surface area contributed by atoms with Gasteiger partial charge in [-0.2, -0.15) is 5.26 Å². The van der Waals surface area contributed by atoms with E-state index in [0.717, 1.165) is 44.5 Å². The molecule has 0 N–H and O–H groups in total. The number of aryl methyl sites for hydroxylation is 1. The van der Waals surface area contributed by atoms with Crippen molar-refractivity contribution in [1.29, 1.82) is 5.26 Å². The molecule has 5 rings (SSSR count). The van der Waals surface area contributed by atoms with E-state index >= 15 is 0 Å². The van der Waals surface area contributed by atoms with Crippen molar-refractivity contribution in [2.45, 2.75) is 29.6 Å². The smallest absolute Gasteiger partial charge is 0.266 e. The molecule has 4 heteroatoms. The molecule has 1 aliphatic heterocycles. The number of amides is 1. The molecular formula is C24H16N2OS. The SMILES string of the molecule is CCCc1ccc(Sc2ccc3cccc4c3c2C2=NC(=O)C(C#N)=C24)cc1. The minimum atomic E-state index is -0.432. The van der Waals surface area contributed by atoms with Gasteiger partial charge in [-0.1, -0.05) is 61.5 Å². The van der Waals surface area contributed by atoms with E-state index in [9.17, 15) is 10.1 Å². The third-order valence-corrected chi connectivity index (χ3v) is 6.30. The van der Waals surface area contributed by atoms with Crippen molar-refractivity contribution in [2.24, 2.45) is 4.99 Å². The molecule has 3 aromatic rings. The number of benzene rings is 3. The lowest BCUT2D eigenvalue weighted by Gasteiger charge is -2.09. The summed E-state index contributed by atoms with van der Waals surface area (Å²) < 4.78 is 0. The predicted molar refractivity (Wildman–Crippen MR) is 113 cm³/mol. The zero-order valence-corrected chi connectivity index (χ0v) is 16.1. The standard InChI is InChI=1S/C24H16N2OS/c1-2-4-14-7-10-16(11-8-14)28-19-12-9-15-5-3-6-17-20(15)22(19)23-21(17)18(13-25)24(27)26-23/h3,5-12H,2,4H2,1H3. The van der Waals surface area contributed by atoms with Crippen LogP contribution in [0.15, 0.2) is 75.0 Å². The normalized spacial score (nSPS) is 14.4. The minimum Gasteiger partial charge on any atom is -0.266 e. The first-order valence-electron chi connectivity index (χ1n) is 9.32. The van der Waals surface area contributed by atoms with Crippen molar-refractivity contribution >= 4 is 39.7 Å². The van der Waals surface area contributed by atoms with Crippen LogP contribution in [0.4, 0.5) is 0 Å². The fourth-order valence-corrected chi connectivity index (χ4v) is 4.98. The molecule has 2 aliphatic rings. The maximum atomic E-state index is 12.2. The lowest BCUT2D eigenvalue weighted by Crippen LogP contribution is -1.96. The first-order valence-corrected chi connectivity index (χ1v) is 10.1. The van der Waals surface area contributed by atoms with Crippen molar-refractivity contribution < 1.29 is 4.79 Å². The molecule has 0 fully saturated rings. The first-order chi connectivity index (χ1) is 13.7. The molecule has 0 saturated heterocycles. The van der Waals surface area contributed by atoms with Crippen LogP contribution >= 0.6 is 11.8 Å². The lowest BCUT2D eigenvalue weighted by molar-refractivity contribution is -0.113. The van der Waals surface area contributed by atoms with Gasteiger partial charge >= 0.3 is 0 Å². The van der Waals surface area contributed by atoms with E-state index in [0.29, 0.717) is 11.3 Å². The number of carbonyl (C=O) groups is 1. The van der Waals surface area contributed by atoms with Gasteiger partial charge in [-0.25, -0.2) is 4.99 Å². The van der Waals surface area contributed by atoms with Gasteiger partial charge < -0.3 is 0 Å². The summed E-state index contributed by atoms with van der Waals surface area (Å²) in [6.45, 7) is 2.18. The molecular weight excluding hydrogens is 364 g/mol. The highest BCUT2D eigenvalue weighted by Crippen LogP contribution is 2.47. The Hall–Kier alpha value is -3.16. The molecule has 1 aliphatic carbocycles. The summed E-state index contributed by atoms with van der Waals surface area (Å²) in [6, 6.07) is 20.9. The highest BCUT2D eigenvalue weighted by Gasteiger charge is 2.37. The molecule has 0 bridgehead atoms. The molecule has 28 heavy (non-hydrogen) atoms. The van der Waals surface area contributed by atoms with Crippen LogP contribution in [-0.2, 0) is 11.2 Å². The molecule has 134 valence electrons. The van der Waals surface area contributed by atoms with E-state index in [1.807, 2.05) is 12.1 Å². The van der Waals surface area contributed by atoms with Gasteiger partial charge in [-0.15, -0.1) is 0 Å². The Morgan fingerprint density at radius 2 is 1.89 bits per heavy atom. The van der Waals surface area contributed by atoms with E-state index < -0.39 is 5.91 Å². The number of hydrogen-bond donors (Lipinski definition) is 0. The molecule has 3 nitrogen and oxygen atoms in total. The molecule has 0 spiro atoms. The summed E-state index contributed by atoms with van der Waals surface area (Å²) in [7, 11) is 0. The highest BCUT2D eigenvalue weighted by atomic mass is 32.2. The Kier molecular flexibility index (Phi) is 3.92. The van der Waals surface area contributed by atoms with E-state index in [2.05, 4.69) is 60.4 Å². The average molecular weight is 380 g/mol. The van der Waals surface area contributed by atoms with Crippen LogP contribution in [0.3, 0.4) is 0 Å². The van der Waals surface area contributed by atoms with Crippen LogP contribution in [-0.4, -0.2) is 11.6 Å². The molecule has 0 saturated carbocycles. The minimum absolute atomic E-state index is 0.151. The molecule has 0 aromatic heterocycles. The van der Waals surface area contributed by atoms with Gasteiger partial charge in [0.1, 0.15) is 11.6 Å². The number of rotatable bonds is 4. The number of nitriles is 1. The molecule has 0 unspecified atom stereocenters. The van der Waals surface area contributed by atoms with Crippen LogP contribution in [0.5, 0.6) is 0 Å². The van der Waals surface area contributed by atoms with Crippen molar-refractivity contribution in [1.82, 2.24) is 0 Å². The first kappa shape index (κ1) is 17.0. The number of aliphatic imine (C=N–C) groups is 1. The Labute approximate surface area is 167 Å². The topological polar surface area (TPSA) is 53.2 Å². The van der Waals surface area contributed by atoms with Crippen LogP contribution in [0.2, 0.25) is 0 Å². The summed E-state index contributed by atoms with van der Waals surface area (Å²) in [6.07, 6.45) is 2.22. The number of hydrogen-bond acceptors (Lipinski definition) is 3. The Balaban J connectivity index is 1.66. The van der Waals surface area contributed by atoms with Gasteiger partial charge in [-0.05, 0) is 41.1 Å². The van der Waals surface area contributed by atoms with Crippen LogP contribution in [0.1, 0.15) is 30.0 Å². The quantitative estimate of drug-likeness (QED) is 0.595. The number of allylic oxidation sites excluding steroid dienone is 1. The fourth-order valence-electron chi connectivity index (χ4n) is 4.01. The third kappa shape index (κ3) is 2.44. The van der Waals surface area contributed by atoms with Crippen LogP contribution in [0, 0.1) is 11.3 Å². The Morgan fingerprint density at radius 3 is 2.64 bits per heavy atom. The summed E-state index contributed by atoms with van der Waals surface area (Å²) in [5.41, 5.74) is 4.75. The molecule has 1 amide bonds. The number of nitrogens with zero attached hydrogens (tertiary/aromatic N) is 2. The van der Waals surface area contributed by atoms with Crippen molar-refractivity contribution in [2.75, 3.05) is 0 Å². The zero-order chi connectivity index (χ0) is 19.3. The second kappa shape index (κ2) is 6.47. The van der Waals surface area contributed by atoms with Gasteiger partial charge in [0, 0.05) is 26.3 Å². The van der Waals surface area contributed by atoms with E-state index in [4.69, 9.17) is 0 Å². The van der Waals surface area contributed by atoms with Crippen molar-refractivity contribution in [3.05, 3.63) is 76.9 Å². The maximum absolute atomic E-state index is 12.2. The van der Waals surface area contributed by atoms with Gasteiger partial charge in [-0.3, -0.25) is 4.79 Å².